The SMILES string of the molecule is N[C@H]1CC(Oc2ccn3ncnc(Nc4ccc5c(cnn5Cc5cccc(F)c5)c4)c23)CC[C@@H]1O. The lowest BCUT2D eigenvalue weighted by Crippen LogP contribution is -2.43. The number of hydrogen-bond acceptors (Lipinski definition) is 7. The van der Waals surface area contributed by atoms with Gasteiger partial charge in [0.05, 0.1) is 24.4 Å². The van der Waals surface area contributed by atoms with Gasteiger partial charge < -0.3 is 20.9 Å². The molecule has 36 heavy (non-hydrogen) atoms. The first-order chi connectivity index (χ1) is 17.5. The molecule has 1 saturated carbocycles. The van der Waals surface area contributed by atoms with Crippen LogP contribution < -0.4 is 15.8 Å². The van der Waals surface area contributed by atoms with Gasteiger partial charge in [0.25, 0.3) is 0 Å². The van der Waals surface area contributed by atoms with Crippen LogP contribution in [0.15, 0.2) is 67.3 Å². The van der Waals surface area contributed by atoms with Gasteiger partial charge in [-0.15, -0.1) is 0 Å². The molecule has 2 aromatic carbocycles. The van der Waals surface area contributed by atoms with Gasteiger partial charge in [-0.25, -0.2) is 13.9 Å². The van der Waals surface area contributed by atoms with Crippen molar-refractivity contribution >= 4 is 27.9 Å². The molecule has 1 aliphatic carbocycles. The second-order valence-corrected chi connectivity index (χ2v) is 9.20. The quantitative estimate of drug-likeness (QED) is 0.335. The molecule has 0 saturated heterocycles. The number of nitrogens with zero attached hydrogens (tertiary/aromatic N) is 5. The van der Waals surface area contributed by atoms with Crippen LogP contribution in [-0.4, -0.2) is 47.7 Å². The van der Waals surface area contributed by atoms with Crippen LogP contribution in [0.3, 0.4) is 0 Å². The lowest BCUT2D eigenvalue weighted by atomic mass is 9.91. The number of aromatic nitrogens is 5. The van der Waals surface area contributed by atoms with E-state index in [1.54, 1.807) is 16.8 Å². The number of aliphatic hydroxyl groups excluding tert-OH is 1. The fourth-order valence-corrected chi connectivity index (χ4v) is 4.78. The van der Waals surface area contributed by atoms with Crippen LogP contribution in [0.4, 0.5) is 15.9 Å². The number of anilines is 2. The van der Waals surface area contributed by atoms with Crippen molar-refractivity contribution in [3.8, 4) is 5.75 Å². The van der Waals surface area contributed by atoms with Crippen molar-refractivity contribution in [2.45, 2.75) is 44.1 Å². The minimum Gasteiger partial charge on any atom is -0.488 e. The molecule has 5 aromatic rings. The van der Waals surface area contributed by atoms with Crippen molar-refractivity contribution in [3.63, 3.8) is 0 Å². The van der Waals surface area contributed by atoms with Gasteiger partial charge in [-0.1, -0.05) is 12.1 Å². The van der Waals surface area contributed by atoms with Crippen LogP contribution in [-0.2, 0) is 6.54 Å². The van der Waals surface area contributed by atoms with Crippen molar-refractivity contribution in [1.82, 2.24) is 24.4 Å². The lowest BCUT2D eigenvalue weighted by molar-refractivity contribution is 0.0499. The van der Waals surface area contributed by atoms with Crippen molar-refractivity contribution < 1.29 is 14.2 Å². The summed E-state index contributed by atoms with van der Waals surface area (Å²) in [6, 6.07) is 14.0. The van der Waals surface area contributed by atoms with Gasteiger partial charge in [0.1, 0.15) is 23.8 Å². The third-order valence-electron chi connectivity index (χ3n) is 6.65. The number of nitrogens with one attached hydrogen (secondary N) is 1. The Morgan fingerprint density at radius 3 is 2.92 bits per heavy atom. The van der Waals surface area contributed by atoms with Crippen LogP contribution in [0.5, 0.6) is 5.75 Å². The summed E-state index contributed by atoms with van der Waals surface area (Å²) < 4.78 is 23.4. The summed E-state index contributed by atoms with van der Waals surface area (Å²) in [6.45, 7) is 0.479. The van der Waals surface area contributed by atoms with E-state index in [0.717, 1.165) is 34.1 Å². The lowest BCUT2D eigenvalue weighted by Gasteiger charge is -2.31. The van der Waals surface area contributed by atoms with Gasteiger partial charge in [0, 0.05) is 35.8 Å². The Hall–Kier alpha value is -4.02. The fraction of sp³-hybridized carbons (Fsp3) is 0.269. The number of ether oxygens (including phenoxy) is 1. The molecule has 1 fully saturated rings. The monoisotopic (exact) mass is 487 g/mol. The van der Waals surface area contributed by atoms with Crippen LogP contribution in [0.1, 0.15) is 24.8 Å². The number of benzene rings is 2. The first-order valence-corrected chi connectivity index (χ1v) is 11.9. The average molecular weight is 488 g/mol. The molecule has 3 atom stereocenters. The number of fused-ring (bicyclic) bond motifs is 2. The molecule has 1 aliphatic rings. The van der Waals surface area contributed by atoms with E-state index in [4.69, 9.17) is 10.5 Å². The van der Waals surface area contributed by atoms with E-state index >= 15 is 0 Å². The first kappa shape index (κ1) is 22.4. The van der Waals surface area contributed by atoms with Crippen molar-refractivity contribution in [1.29, 1.82) is 0 Å². The Morgan fingerprint density at radius 2 is 2.06 bits per heavy atom. The van der Waals surface area contributed by atoms with E-state index in [1.807, 2.05) is 41.2 Å². The maximum atomic E-state index is 13.6. The predicted molar refractivity (Wildman–Crippen MR) is 134 cm³/mol. The molecule has 0 bridgehead atoms. The van der Waals surface area contributed by atoms with E-state index < -0.39 is 6.10 Å². The van der Waals surface area contributed by atoms with Gasteiger partial charge in [-0.2, -0.15) is 10.2 Å². The van der Waals surface area contributed by atoms with Crippen molar-refractivity contribution in [3.05, 3.63) is 78.6 Å². The van der Waals surface area contributed by atoms with E-state index in [1.165, 1.54) is 18.5 Å². The Kier molecular flexibility index (Phi) is 5.74. The smallest absolute Gasteiger partial charge is 0.162 e. The number of rotatable bonds is 6. The molecule has 10 heteroatoms. The topological polar surface area (TPSA) is 116 Å². The minimum atomic E-state index is -0.482. The molecule has 4 N–H and O–H groups in total. The molecule has 184 valence electrons. The Labute approximate surface area is 206 Å². The van der Waals surface area contributed by atoms with Crippen LogP contribution in [0.2, 0.25) is 0 Å². The molecule has 0 amide bonds. The summed E-state index contributed by atoms with van der Waals surface area (Å²) in [5.41, 5.74) is 9.39. The van der Waals surface area contributed by atoms with Gasteiger partial charge >= 0.3 is 0 Å². The third kappa shape index (κ3) is 4.36. The molecule has 1 unspecified atom stereocenters. The predicted octanol–water partition coefficient (Wildman–Crippen LogP) is 3.63. The van der Waals surface area contributed by atoms with Gasteiger partial charge in [-0.3, -0.25) is 4.68 Å². The molecule has 9 nitrogen and oxygen atoms in total. The van der Waals surface area contributed by atoms with Crippen LogP contribution >= 0.6 is 0 Å². The number of halogens is 1. The fourth-order valence-electron chi connectivity index (χ4n) is 4.78. The van der Waals surface area contributed by atoms with Crippen molar-refractivity contribution in [2.24, 2.45) is 5.73 Å². The summed E-state index contributed by atoms with van der Waals surface area (Å²) in [6.07, 6.45) is 6.49. The second-order valence-electron chi connectivity index (χ2n) is 9.20. The maximum Gasteiger partial charge on any atom is 0.162 e. The van der Waals surface area contributed by atoms with Crippen LogP contribution in [0.25, 0.3) is 16.4 Å². The van der Waals surface area contributed by atoms with E-state index in [-0.39, 0.29) is 18.0 Å². The van der Waals surface area contributed by atoms with E-state index in [9.17, 15) is 9.50 Å². The van der Waals surface area contributed by atoms with Crippen LogP contribution in [0, 0.1) is 5.82 Å². The van der Waals surface area contributed by atoms with Gasteiger partial charge in [0.2, 0.25) is 0 Å². The number of hydrogen-bond donors (Lipinski definition) is 3. The van der Waals surface area contributed by atoms with Gasteiger partial charge in [0.15, 0.2) is 11.6 Å². The minimum absolute atomic E-state index is 0.0806. The first-order valence-electron chi connectivity index (χ1n) is 11.9. The molecular formula is C26H26FN7O2. The highest BCUT2D eigenvalue weighted by molar-refractivity contribution is 5.86. The zero-order valence-electron chi connectivity index (χ0n) is 19.5. The molecule has 3 aromatic heterocycles. The molecule has 0 aliphatic heterocycles. The molecule has 0 radical (unpaired) electrons. The average Bonchev–Trinajstić information content (AvgIpc) is 3.46. The zero-order chi connectivity index (χ0) is 24.6. The Balaban J connectivity index is 1.25. The standard InChI is InChI=1S/C26H26FN7O2/c27-18-3-1-2-16(10-18)14-34-22-6-4-19(11-17(22)13-30-34)32-26-25-24(8-9-33(25)31-15-29-26)36-20-5-7-23(35)21(28)12-20/h1-4,6,8-11,13,15,20-21,23,35H,5,7,12,14,28H2,(H,29,31,32)/t20?,21-,23-/m0/s1. The molecule has 6 rings (SSSR count). The second kappa shape index (κ2) is 9.21. The molecular weight excluding hydrogens is 461 g/mol. The summed E-state index contributed by atoms with van der Waals surface area (Å²) in [5, 5.41) is 23.1. The Bertz CT molecular complexity index is 1530. The maximum absolute atomic E-state index is 13.6. The highest BCUT2D eigenvalue weighted by Crippen LogP contribution is 2.32. The highest BCUT2D eigenvalue weighted by Gasteiger charge is 2.28. The largest absolute Gasteiger partial charge is 0.488 e. The van der Waals surface area contributed by atoms with Crippen molar-refractivity contribution in [2.75, 3.05) is 5.32 Å². The van der Waals surface area contributed by atoms with Gasteiger partial charge in [-0.05, 0) is 48.7 Å². The number of aliphatic hydroxyl groups is 1. The Morgan fingerprint density at radius 1 is 1.14 bits per heavy atom. The normalized spacial score (nSPS) is 20.1. The molecule has 3 heterocycles. The zero-order valence-corrected chi connectivity index (χ0v) is 19.5. The summed E-state index contributed by atoms with van der Waals surface area (Å²) in [7, 11) is 0. The molecule has 0 spiro atoms. The van der Waals surface area contributed by atoms with E-state index in [0.29, 0.717) is 31.0 Å². The highest BCUT2D eigenvalue weighted by atomic mass is 19.1. The number of nitrogens with two attached hydrogens (primary N) is 1. The summed E-state index contributed by atoms with van der Waals surface area (Å²) in [4.78, 5) is 4.46. The van der Waals surface area contributed by atoms with E-state index in [2.05, 4.69) is 20.5 Å². The summed E-state index contributed by atoms with van der Waals surface area (Å²) >= 11 is 0. The summed E-state index contributed by atoms with van der Waals surface area (Å²) in [5.74, 6) is 1.01. The third-order valence-corrected chi connectivity index (χ3v) is 6.65.